The quantitative estimate of drug-likeness (QED) is 0.923. The molecule has 0 radical (unpaired) electrons. The van der Waals surface area contributed by atoms with Crippen LogP contribution in [0.3, 0.4) is 0 Å². The molecule has 2 aromatic rings. The topological polar surface area (TPSA) is 68.0 Å². The molecule has 1 aromatic heterocycles. The standard InChI is InChI=1S/C14H16ClN3O2/c1-8-5-6-10(9(15)7-8)18-12(14(2,3)4)11(13(19)20)16-17-18/h5-7H,1-4H3,(H,19,20). The Morgan fingerprint density at radius 2 is 2.00 bits per heavy atom. The molecule has 0 aliphatic heterocycles. The third kappa shape index (κ3) is 2.54. The molecule has 106 valence electrons. The summed E-state index contributed by atoms with van der Waals surface area (Å²) in [7, 11) is 0. The Hall–Kier alpha value is -1.88. The molecule has 5 nitrogen and oxygen atoms in total. The van der Waals surface area contributed by atoms with Crippen molar-refractivity contribution in [2.24, 2.45) is 0 Å². The maximum atomic E-state index is 11.3. The highest BCUT2D eigenvalue weighted by atomic mass is 35.5. The van der Waals surface area contributed by atoms with Crippen molar-refractivity contribution in [1.29, 1.82) is 0 Å². The van der Waals surface area contributed by atoms with Crippen molar-refractivity contribution in [3.8, 4) is 5.69 Å². The van der Waals surface area contributed by atoms with Gasteiger partial charge in [0, 0.05) is 5.41 Å². The third-order valence-corrected chi connectivity index (χ3v) is 3.22. The smallest absolute Gasteiger partial charge is 0.358 e. The molecule has 1 aromatic carbocycles. The average molecular weight is 294 g/mol. The second kappa shape index (κ2) is 4.90. The fraction of sp³-hybridized carbons (Fsp3) is 0.357. The normalized spacial score (nSPS) is 11.7. The Kier molecular flexibility index (Phi) is 3.56. The van der Waals surface area contributed by atoms with Gasteiger partial charge >= 0.3 is 5.97 Å². The minimum absolute atomic E-state index is 0.0471. The van der Waals surface area contributed by atoms with E-state index in [1.54, 1.807) is 0 Å². The molecular formula is C14H16ClN3O2. The number of carbonyl (C=O) groups is 1. The van der Waals surface area contributed by atoms with Gasteiger partial charge in [-0.2, -0.15) is 0 Å². The summed E-state index contributed by atoms with van der Waals surface area (Å²) in [5.41, 5.74) is 1.70. The third-order valence-electron chi connectivity index (χ3n) is 2.91. The zero-order valence-electron chi connectivity index (χ0n) is 11.8. The van der Waals surface area contributed by atoms with Gasteiger partial charge in [-0.15, -0.1) is 5.10 Å². The van der Waals surface area contributed by atoms with Gasteiger partial charge in [0.1, 0.15) is 0 Å². The van der Waals surface area contributed by atoms with Crippen molar-refractivity contribution in [2.75, 3.05) is 0 Å². The van der Waals surface area contributed by atoms with E-state index >= 15 is 0 Å². The largest absolute Gasteiger partial charge is 0.476 e. The van der Waals surface area contributed by atoms with Crippen molar-refractivity contribution in [3.63, 3.8) is 0 Å². The van der Waals surface area contributed by atoms with E-state index < -0.39 is 11.4 Å². The van der Waals surface area contributed by atoms with Crippen LogP contribution >= 0.6 is 11.6 Å². The first-order valence-corrected chi connectivity index (χ1v) is 6.55. The predicted octanol–water partition coefficient (Wildman–Crippen LogP) is 3.22. The van der Waals surface area contributed by atoms with Gasteiger partial charge in [-0.1, -0.05) is 43.7 Å². The van der Waals surface area contributed by atoms with Crippen LogP contribution in [0.1, 0.15) is 42.5 Å². The van der Waals surface area contributed by atoms with Crippen molar-refractivity contribution in [3.05, 3.63) is 40.2 Å². The van der Waals surface area contributed by atoms with Gasteiger partial charge in [0.15, 0.2) is 5.69 Å². The van der Waals surface area contributed by atoms with Crippen LogP contribution in [0.25, 0.3) is 5.69 Å². The summed E-state index contributed by atoms with van der Waals surface area (Å²) < 4.78 is 1.51. The van der Waals surface area contributed by atoms with Crippen LogP contribution in [0.4, 0.5) is 0 Å². The van der Waals surface area contributed by atoms with Crippen LogP contribution in [0, 0.1) is 6.92 Å². The highest BCUT2D eigenvalue weighted by molar-refractivity contribution is 6.32. The molecule has 6 heteroatoms. The molecule has 0 saturated carbocycles. The zero-order chi connectivity index (χ0) is 15.1. The van der Waals surface area contributed by atoms with E-state index in [1.807, 2.05) is 45.9 Å². The highest BCUT2D eigenvalue weighted by Gasteiger charge is 2.30. The van der Waals surface area contributed by atoms with E-state index in [-0.39, 0.29) is 5.69 Å². The molecule has 0 amide bonds. The monoisotopic (exact) mass is 293 g/mol. The molecule has 20 heavy (non-hydrogen) atoms. The number of nitrogens with zero attached hydrogens (tertiary/aromatic N) is 3. The Balaban J connectivity index is 2.72. The zero-order valence-corrected chi connectivity index (χ0v) is 12.6. The van der Waals surface area contributed by atoms with Crippen LogP contribution < -0.4 is 0 Å². The minimum Gasteiger partial charge on any atom is -0.476 e. The van der Waals surface area contributed by atoms with Crippen LogP contribution in [0.15, 0.2) is 18.2 Å². The molecule has 0 aliphatic carbocycles. The van der Waals surface area contributed by atoms with Crippen molar-refractivity contribution in [1.82, 2.24) is 15.0 Å². The first-order chi connectivity index (χ1) is 9.21. The maximum absolute atomic E-state index is 11.3. The number of halogens is 1. The van der Waals surface area contributed by atoms with Gasteiger partial charge in [0.05, 0.1) is 16.4 Å². The van der Waals surface area contributed by atoms with E-state index in [4.69, 9.17) is 11.6 Å². The van der Waals surface area contributed by atoms with Gasteiger partial charge in [-0.25, -0.2) is 9.48 Å². The van der Waals surface area contributed by atoms with E-state index in [0.29, 0.717) is 16.4 Å². The number of rotatable bonds is 2. The molecule has 0 bridgehead atoms. The lowest BCUT2D eigenvalue weighted by Crippen LogP contribution is -2.21. The number of hydrogen-bond acceptors (Lipinski definition) is 3. The fourth-order valence-electron chi connectivity index (χ4n) is 2.05. The fourth-order valence-corrected chi connectivity index (χ4v) is 2.37. The Bertz CT molecular complexity index is 672. The lowest BCUT2D eigenvalue weighted by molar-refractivity contribution is 0.0687. The maximum Gasteiger partial charge on any atom is 0.358 e. The number of hydrogen-bond donors (Lipinski definition) is 1. The molecule has 2 rings (SSSR count). The summed E-state index contributed by atoms with van der Waals surface area (Å²) in [5.74, 6) is -1.09. The van der Waals surface area contributed by atoms with E-state index in [1.165, 1.54) is 4.68 Å². The molecule has 1 heterocycles. The number of aromatic carboxylic acids is 1. The average Bonchev–Trinajstić information content (AvgIpc) is 2.73. The summed E-state index contributed by atoms with van der Waals surface area (Å²) >= 11 is 6.24. The van der Waals surface area contributed by atoms with Crippen LogP contribution in [-0.4, -0.2) is 26.1 Å². The summed E-state index contributed by atoms with van der Waals surface area (Å²) in [4.78, 5) is 11.3. The molecule has 0 fully saturated rings. The summed E-state index contributed by atoms with van der Waals surface area (Å²) in [5, 5.41) is 17.5. The first kappa shape index (κ1) is 14.5. The van der Waals surface area contributed by atoms with E-state index in [0.717, 1.165) is 5.56 Å². The lowest BCUT2D eigenvalue weighted by Gasteiger charge is -2.20. The molecule has 0 atom stereocenters. The molecule has 0 saturated heterocycles. The SMILES string of the molecule is Cc1ccc(-n2nnc(C(=O)O)c2C(C)(C)C)c(Cl)c1. The van der Waals surface area contributed by atoms with E-state index in [9.17, 15) is 9.90 Å². The van der Waals surface area contributed by atoms with Gasteiger partial charge < -0.3 is 5.11 Å². The van der Waals surface area contributed by atoms with Crippen LogP contribution in [0.5, 0.6) is 0 Å². The molecule has 0 unspecified atom stereocenters. The first-order valence-electron chi connectivity index (χ1n) is 6.18. The van der Waals surface area contributed by atoms with Gasteiger partial charge in [-0.3, -0.25) is 0 Å². The Morgan fingerprint density at radius 3 is 2.50 bits per heavy atom. The minimum atomic E-state index is -1.09. The predicted molar refractivity (Wildman–Crippen MR) is 76.8 cm³/mol. The Labute approximate surface area is 122 Å². The number of benzene rings is 1. The molecule has 0 spiro atoms. The second-order valence-electron chi connectivity index (χ2n) is 5.71. The van der Waals surface area contributed by atoms with Gasteiger partial charge in [0.2, 0.25) is 0 Å². The number of carboxylic acid groups (broad SMARTS) is 1. The molecular weight excluding hydrogens is 278 g/mol. The van der Waals surface area contributed by atoms with Crippen molar-refractivity contribution >= 4 is 17.6 Å². The van der Waals surface area contributed by atoms with Crippen molar-refractivity contribution < 1.29 is 9.90 Å². The number of aromatic nitrogens is 3. The van der Waals surface area contributed by atoms with Crippen LogP contribution in [0.2, 0.25) is 5.02 Å². The second-order valence-corrected chi connectivity index (χ2v) is 6.12. The number of aryl methyl sites for hydroxylation is 1. The highest BCUT2D eigenvalue weighted by Crippen LogP contribution is 2.30. The summed E-state index contributed by atoms with van der Waals surface area (Å²) in [6, 6.07) is 5.52. The number of carboxylic acids is 1. The summed E-state index contributed by atoms with van der Waals surface area (Å²) in [6.07, 6.45) is 0. The lowest BCUT2D eigenvalue weighted by atomic mass is 9.90. The van der Waals surface area contributed by atoms with Crippen LogP contribution in [-0.2, 0) is 5.41 Å². The Morgan fingerprint density at radius 1 is 1.35 bits per heavy atom. The van der Waals surface area contributed by atoms with E-state index in [2.05, 4.69) is 10.3 Å². The van der Waals surface area contributed by atoms with Gasteiger partial charge in [0.25, 0.3) is 0 Å². The molecule has 1 N–H and O–H groups in total. The van der Waals surface area contributed by atoms with Crippen molar-refractivity contribution in [2.45, 2.75) is 33.1 Å². The molecule has 0 aliphatic rings. The van der Waals surface area contributed by atoms with Gasteiger partial charge in [-0.05, 0) is 24.6 Å². The summed E-state index contributed by atoms with van der Waals surface area (Å²) in [6.45, 7) is 7.68.